The van der Waals surface area contributed by atoms with Crippen molar-refractivity contribution < 1.29 is 18.0 Å². The maximum Gasteiger partial charge on any atom is 0.250 e. The van der Waals surface area contributed by atoms with E-state index in [2.05, 4.69) is 4.72 Å². The lowest BCUT2D eigenvalue weighted by Gasteiger charge is -2.32. The molecular weight excluding hydrogens is 386 g/mol. The molecule has 2 heterocycles. The predicted octanol–water partition coefficient (Wildman–Crippen LogP) is 2.06. The molecular formula is C18H29N3O4S2. The minimum atomic E-state index is -3.47. The maximum atomic E-state index is 12.3. The van der Waals surface area contributed by atoms with Gasteiger partial charge in [-0.3, -0.25) is 9.59 Å². The van der Waals surface area contributed by atoms with E-state index in [1.54, 1.807) is 27.3 Å². The van der Waals surface area contributed by atoms with Gasteiger partial charge < -0.3 is 9.80 Å². The van der Waals surface area contributed by atoms with Crippen LogP contribution in [0, 0.1) is 0 Å². The molecule has 1 N–H and O–H groups in total. The first kappa shape index (κ1) is 21.8. The number of piperidine rings is 1. The van der Waals surface area contributed by atoms with Gasteiger partial charge in [0, 0.05) is 45.1 Å². The largest absolute Gasteiger partial charge is 0.343 e. The minimum Gasteiger partial charge on any atom is -0.343 e. The molecule has 0 spiro atoms. The average molecular weight is 416 g/mol. The fourth-order valence-electron chi connectivity index (χ4n) is 3.22. The number of amides is 2. The first-order chi connectivity index (χ1) is 12.9. The lowest BCUT2D eigenvalue weighted by Crippen LogP contribution is -2.46. The van der Waals surface area contributed by atoms with E-state index in [4.69, 9.17) is 0 Å². The van der Waals surface area contributed by atoms with Gasteiger partial charge in [-0.15, -0.1) is 11.3 Å². The van der Waals surface area contributed by atoms with E-state index in [1.807, 2.05) is 13.8 Å². The summed E-state index contributed by atoms with van der Waals surface area (Å²) in [5.41, 5.74) is 0. The van der Waals surface area contributed by atoms with E-state index < -0.39 is 10.0 Å². The smallest absolute Gasteiger partial charge is 0.250 e. The molecule has 0 bridgehead atoms. The van der Waals surface area contributed by atoms with Crippen molar-refractivity contribution in [1.29, 1.82) is 0 Å². The van der Waals surface area contributed by atoms with E-state index in [-0.39, 0.29) is 17.9 Å². The Hall–Kier alpha value is -1.45. The fourth-order valence-corrected chi connectivity index (χ4v) is 5.54. The molecule has 0 aliphatic carbocycles. The highest BCUT2D eigenvalue weighted by Crippen LogP contribution is 2.19. The Balaban J connectivity index is 1.72. The van der Waals surface area contributed by atoms with Gasteiger partial charge >= 0.3 is 0 Å². The highest BCUT2D eigenvalue weighted by atomic mass is 32.2. The van der Waals surface area contributed by atoms with Gasteiger partial charge in [0.1, 0.15) is 4.21 Å². The SMILES string of the molecule is CCN(CC)C(=O)CCCC(=O)N1CCC(NS(=O)(=O)c2cccs2)CC1. The van der Waals surface area contributed by atoms with E-state index in [9.17, 15) is 18.0 Å². The number of thiophene rings is 1. The van der Waals surface area contributed by atoms with E-state index in [0.29, 0.717) is 62.5 Å². The fraction of sp³-hybridized carbons (Fsp3) is 0.667. The molecule has 27 heavy (non-hydrogen) atoms. The molecule has 1 fully saturated rings. The maximum absolute atomic E-state index is 12.3. The van der Waals surface area contributed by atoms with Crippen molar-refractivity contribution in [3.63, 3.8) is 0 Å². The van der Waals surface area contributed by atoms with Gasteiger partial charge in [-0.05, 0) is 44.6 Å². The Bertz CT molecular complexity index is 707. The molecule has 0 aromatic carbocycles. The number of likely N-dealkylation sites (tertiary alicyclic amines) is 1. The summed E-state index contributed by atoms with van der Waals surface area (Å²) in [6, 6.07) is 3.15. The number of nitrogens with one attached hydrogen (secondary N) is 1. The number of carbonyl (C=O) groups is 2. The van der Waals surface area contributed by atoms with Crippen molar-refractivity contribution in [2.75, 3.05) is 26.2 Å². The first-order valence-electron chi connectivity index (χ1n) is 9.48. The topological polar surface area (TPSA) is 86.8 Å². The van der Waals surface area contributed by atoms with Gasteiger partial charge in [-0.1, -0.05) is 6.07 Å². The van der Waals surface area contributed by atoms with Gasteiger partial charge in [-0.25, -0.2) is 13.1 Å². The van der Waals surface area contributed by atoms with Crippen LogP contribution in [0.1, 0.15) is 46.0 Å². The standard InChI is InChI=1S/C18H29N3O4S2/c1-3-20(4-2)16(22)7-5-8-17(23)21-12-10-15(11-13-21)19-27(24,25)18-9-6-14-26-18/h6,9,14-15,19H,3-5,7-8,10-13H2,1-2H3. The van der Waals surface area contributed by atoms with Crippen LogP contribution in [-0.2, 0) is 19.6 Å². The average Bonchev–Trinajstić information content (AvgIpc) is 3.19. The lowest BCUT2D eigenvalue weighted by molar-refractivity contribution is -0.133. The molecule has 1 aromatic heterocycles. The number of rotatable bonds is 9. The third-order valence-electron chi connectivity index (χ3n) is 4.83. The summed E-state index contributed by atoms with van der Waals surface area (Å²) in [6.45, 7) is 6.37. The molecule has 9 heteroatoms. The molecule has 1 aliphatic heterocycles. The molecule has 7 nitrogen and oxygen atoms in total. The van der Waals surface area contributed by atoms with Crippen molar-refractivity contribution in [2.24, 2.45) is 0 Å². The Morgan fingerprint density at radius 3 is 2.44 bits per heavy atom. The molecule has 1 aliphatic rings. The van der Waals surface area contributed by atoms with Crippen LogP contribution in [0.5, 0.6) is 0 Å². The van der Waals surface area contributed by atoms with Crippen LogP contribution in [-0.4, -0.2) is 62.3 Å². The minimum absolute atomic E-state index is 0.0434. The third kappa shape index (κ3) is 6.29. The number of hydrogen-bond donors (Lipinski definition) is 1. The Kier molecular flexibility index (Phi) is 8.25. The van der Waals surface area contributed by atoms with E-state index in [0.717, 1.165) is 0 Å². The van der Waals surface area contributed by atoms with Crippen molar-refractivity contribution in [3.05, 3.63) is 17.5 Å². The van der Waals surface area contributed by atoms with Crippen LogP contribution in [0.4, 0.5) is 0 Å². The number of sulfonamides is 1. The summed E-state index contributed by atoms with van der Waals surface area (Å²) in [4.78, 5) is 27.9. The van der Waals surface area contributed by atoms with Gasteiger partial charge in [-0.2, -0.15) is 0 Å². The first-order valence-corrected chi connectivity index (χ1v) is 11.8. The van der Waals surface area contributed by atoms with E-state index in [1.165, 1.54) is 11.3 Å². The second kappa shape index (κ2) is 10.2. The Labute approximate surface area is 165 Å². The summed E-state index contributed by atoms with van der Waals surface area (Å²) in [6.07, 6.45) is 2.52. The molecule has 0 radical (unpaired) electrons. The van der Waals surface area contributed by atoms with Crippen molar-refractivity contribution in [3.8, 4) is 0 Å². The summed E-state index contributed by atoms with van der Waals surface area (Å²) in [5.74, 6) is 0.136. The van der Waals surface area contributed by atoms with Crippen LogP contribution in [0.3, 0.4) is 0 Å². The van der Waals surface area contributed by atoms with Gasteiger partial charge in [0.2, 0.25) is 21.8 Å². The molecule has 1 saturated heterocycles. The molecule has 0 atom stereocenters. The van der Waals surface area contributed by atoms with E-state index >= 15 is 0 Å². The molecule has 0 saturated carbocycles. The second-order valence-electron chi connectivity index (χ2n) is 6.63. The number of hydrogen-bond acceptors (Lipinski definition) is 5. The second-order valence-corrected chi connectivity index (χ2v) is 9.52. The zero-order chi connectivity index (χ0) is 19.9. The van der Waals surface area contributed by atoms with Crippen molar-refractivity contribution in [1.82, 2.24) is 14.5 Å². The monoisotopic (exact) mass is 415 g/mol. The van der Waals surface area contributed by atoms with Crippen LogP contribution in [0.2, 0.25) is 0 Å². The third-order valence-corrected chi connectivity index (χ3v) is 7.74. The van der Waals surface area contributed by atoms with Crippen molar-refractivity contribution in [2.45, 2.75) is 56.2 Å². The zero-order valence-electron chi connectivity index (χ0n) is 16.0. The number of nitrogens with zero attached hydrogens (tertiary/aromatic N) is 2. The molecule has 2 rings (SSSR count). The quantitative estimate of drug-likeness (QED) is 0.669. The van der Waals surface area contributed by atoms with Crippen LogP contribution < -0.4 is 4.72 Å². The lowest BCUT2D eigenvalue weighted by atomic mass is 10.1. The summed E-state index contributed by atoms with van der Waals surface area (Å²) >= 11 is 1.19. The Morgan fingerprint density at radius 2 is 1.89 bits per heavy atom. The summed E-state index contributed by atoms with van der Waals surface area (Å²) in [5, 5.41) is 1.74. The summed E-state index contributed by atoms with van der Waals surface area (Å²) in [7, 11) is -3.47. The molecule has 2 amide bonds. The van der Waals surface area contributed by atoms with Gasteiger partial charge in [0.25, 0.3) is 0 Å². The predicted molar refractivity (Wildman–Crippen MR) is 106 cm³/mol. The van der Waals surface area contributed by atoms with Gasteiger partial charge in [0.15, 0.2) is 0 Å². The normalized spacial score (nSPS) is 15.7. The zero-order valence-corrected chi connectivity index (χ0v) is 17.7. The van der Waals surface area contributed by atoms with Crippen LogP contribution in [0.15, 0.2) is 21.7 Å². The highest BCUT2D eigenvalue weighted by molar-refractivity contribution is 7.91. The molecule has 1 aromatic rings. The number of carbonyl (C=O) groups excluding carboxylic acids is 2. The summed E-state index contributed by atoms with van der Waals surface area (Å²) < 4.78 is 27.6. The van der Waals surface area contributed by atoms with Gasteiger partial charge in [0.05, 0.1) is 0 Å². The highest BCUT2D eigenvalue weighted by Gasteiger charge is 2.27. The van der Waals surface area contributed by atoms with Crippen LogP contribution >= 0.6 is 11.3 Å². The van der Waals surface area contributed by atoms with Crippen LogP contribution in [0.25, 0.3) is 0 Å². The van der Waals surface area contributed by atoms with Crippen molar-refractivity contribution >= 4 is 33.2 Å². The molecule has 0 unspecified atom stereocenters. The Morgan fingerprint density at radius 1 is 1.22 bits per heavy atom. The molecule has 152 valence electrons.